The number of phenolic OH excluding ortho intramolecular Hbond substituents is 1. The molecule has 182 valence electrons. The molecule has 0 radical (unpaired) electrons. The molecule has 1 heterocycles. The van der Waals surface area contributed by atoms with Crippen molar-refractivity contribution in [3.05, 3.63) is 76.9 Å². The van der Waals surface area contributed by atoms with Gasteiger partial charge in [0.1, 0.15) is 29.5 Å². The maximum Gasteiger partial charge on any atom is 0.342 e. The van der Waals surface area contributed by atoms with Crippen molar-refractivity contribution in [2.75, 3.05) is 0 Å². The van der Waals surface area contributed by atoms with Crippen LogP contribution in [-0.4, -0.2) is 23.0 Å². The normalized spacial score (nSPS) is 17.5. The molecule has 0 aromatic heterocycles. The number of carbonyl (C=O) groups is 2. The number of hydrogen-bond acceptors (Lipinski definition) is 5. The molecule has 1 N–H and O–H groups in total. The van der Waals surface area contributed by atoms with Crippen molar-refractivity contribution >= 4 is 28.6 Å². The molecule has 0 aliphatic carbocycles. The number of rotatable bonds is 3. The summed E-state index contributed by atoms with van der Waals surface area (Å²) in [4.78, 5) is 25.0. The molecule has 3 aromatic rings. The Morgan fingerprint density at radius 3 is 2.71 bits per heavy atom. The minimum Gasteiger partial charge on any atom is -0.507 e. The third-order valence-electron chi connectivity index (χ3n) is 6.48. The van der Waals surface area contributed by atoms with Gasteiger partial charge in [-0.1, -0.05) is 48.6 Å². The van der Waals surface area contributed by atoms with Crippen LogP contribution in [0.3, 0.4) is 0 Å². The maximum atomic E-state index is 12.9. The van der Waals surface area contributed by atoms with Crippen molar-refractivity contribution in [2.24, 2.45) is 0 Å². The number of ether oxygens (including phenoxy) is 2. The number of aromatic hydroxyl groups is 1. The Morgan fingerprint density at radius 2 is 1.86 bits per heavy atom. The molecular formula is C30H32O5. The lowest BCUT2D eigenvalue weighted by atomic mass is 10.0. The number of benzene rings is 3. The highest BCUT2D eigenvalue weighted by atomic mass is 16.5. The topological polar surface area (TPSA) is 72.8 Å². The SMILES string of the molecule is Cc1ccc2ccccc2c1COc1cc(O)c2c(c1)C=CCCCC(=O)CCC[C@H](C)OC2=O. The standard InChI is InChI=1S/C30H32O5/c1-20-15-16-22-10-6-7-14-26(22)27(20)19-34-25-17-23-11-4-3-5-12-24(31)13-8-9-21(2)35-30(33)29(23)28(32)18-25/h4,6-7,10-11,14-18,21,32H,3,5,8-9,12-13,19H2,1-2H3/t21-/m0/s1. The van der Waals surface area contributed by atoms with E-state index in [1.165, 1.54) is 6.07 Å². The summed E-state index contributed by atoms with van der Waals surface area (Å²) in [5, 5.41) is 13.1. The number of ketones is 1. The van der Waals surface area contributed by atoms with Crippen molar-refractivity contribution in [1.29, 1.82) is 0 Å². The lowest BCUT2D eigenvalue weighted by Gasteiger charge is -2.17. The summed E-state index contributed by atoms with van der Waals surface area (Å²) in [6.07, 6.45) is 7.18. The molecule has 0 unspecified atom stereocenters. The predicted octanol–water partition coefficient (Wildman–Crippen LogP) is 6.91. The first kappa shape index (κ1) is 24.5. The van der Waals surface area contributed by atoms with Crippen LogP contribution in [0.25, 0.3) is 16.8 Å². The Morgan fingerprint density at radius 1 is 1.06 bits per heavy atom. The Hall–Kier alpha value is -3.60. The lowest BCUT2D eigenvalue weighted by Crippen LogP contribution is -2.17. The van der Waals surface area contributed by atoms with E-state index >= 15 is 0 Å². The van der Waals surface area contributed by atoms with Crippen LogP contribution in [0.1, 0.15) is 72.5 Å². The quantitative estimate of drug-likeness (QED) is 0.419. The fraction of sp³-hybridized carbons (Fsp3) is 0.333. The number of esters is 1. The molecule has 0 amide bonds. The fourth-order valence-corrected chi connectivity index (χ4v) is 4.49. The van der Waals surface area contributed by atoms with Gasteiger partial charge < -0.3 is 14.6 Å². The first-order chi connectivity index (χ1) is 16.9. The molecule has 0 spiro atoms. The molecule has 0 saturated carbocycles. The van der Waals surface area contributed by atoms with Crippen LogP contribution in [-0.2, 0) is 16.1 Å². The molecule has 0 bridgehead atoms. The largest absolute Gasteiger partial charge is 0.507 e. The number of phenols is 1. The second-order valence-corrected chi connectivity index (χ2v) is 9.22. The highest BCUT2D eigenvalue weighted by Crippen LogP contribution is 2.32. The summed E-state index contributed by atoms with van der Waals surface area (Å²) in [5.41, 5.74) is 2.87. The van der Waals surface area contributed by atoms with Gasteiger partial charge in [0.05, 0.1) is 6.10 Å². The van der Waals surface area contributed by atoms with Crippen LogP contribution >= 0.6 is 0 Å². The molecule has 35 heavy (non-hydrogen) atoms. The Bertz CT molecular complexity index is 1260. The number of cyclic esters (lactones) is 1. The van der Waals surface area contributed by atoms with Crippen molar-refractivity contribution in [3.8, 4) is 11.5 Å². The molecule has 4 rings (SSSR count). The number of allylic oxidation sites excluding steroid dienone is 1. The van der Waals surface area contributed by atoms with Crippen LogP contribution in [0.5, 0.6) is 11.5 Å². The summed E-state index contributed by atoms with van der Waals surface area (Å²) >= 11 is 0. The smallest absolute Gasteiger partial charge is 0.342 e. The summed E-state index contributed by atoms with van der Waals surface area (Å²) in [5.74, 6) is -0.0347. The van der Waals surface area contributed by atoms with E-state index in [4.69, 9.17) is 9.47 Å². The number of fused-ring (bicyclic) bond motifs is 2. The molecule has 5 heteroatoms. The number of aryl methyl sites for hydroxylation is 1. The minimum atomic E-state index is -0.575. The summed E-state index contributed by atoms with van der Waals surface area (Å²) < 4.78 is 11.7. The van der Waals surface area contributed by atoms with E-state index in [0.717, 1.165) is 28.3 Å². The van der Waals surface area contributed by atoms with Gasteiger partial charge >= 0.3 is 5.97 Å². The van der Waals surface area contributed by atoms with Gasteiger partial charge in [-0.25, -0.2) is 4.79 Å². The maximum absolute atomic E-state index is 12.9. The second-order valence-electron chi connectivity index (χ2n) is 9.22. The predicted molar refractivity (Wildman–Crippen MR) is 138 cm³/mol. The zero-order valence-corrected chi connectivity index (χ0v) is 20.4. The van der Waals surface area contributed by atoms with Crippen LogP contribution in [0.4, 0.5) is 0 Å². The van der Waals surface area contributed by atoms with Gasteiger partial charge in [-0.15, -0.1) is 0 Å². The van der Waals surface area contributed by atoms with Crippen LogP contribution < -0.4 is 4.74 Å². The molecule has 1 aliphatic heterocycles. The molecule has 3 aromatic carbocycles. The van der Waals surface area contributed by atoms with Gasteiger partial charge in [0.2, 0.25) is 0 Å². The lowest BCUT2D eigenvalue weighted by molar-refractivity contribution is -0.119. The second kappa shape index (κ2) is 11.2. The van der Waals surface area contributed by atoms with Crippen molar-refractivity contribution in [2.45, 2.75) is 65.1 Å². The molecule has 0 saturated heterocycles. The molecule has 5 nitrogen and oxygen atoms in total. The number of carbonyl (C=O) groups excluding carboxylic acids is 2. The van der Waals surface area contributed by atoms with Crippen LogP contribution in [0.15, 0.2) is 54.6 Å². The molecular weight excluding hydrogens is 440 g/mol. The summed E-state index contributed by atoms with van der Waals surface area (Å²) in [7, 11) is 0. The van der Waals surface area contributed by atoms with E-state index in [0.29, 0.717) is 50.0 Å². The number of Topliss-reactive ketones (excluding diaryl/α,β-unsaturated/α-hetero) is 1. The van der Waals surface area contributed by atoms with Gasteiger partial charge in [-0.05, 0) is 67.5 Å². The van der Waals surface area contributed by atoms with Crippen LogP contribution in [0, 0.1) is 6.92 Å². The molecule has 1 aliphatic rings. The summed E-state index contributed by atoms with van der Waals surface area (Å²) in [6, 6.07) is 15.6. The van der Waals surface area contributed by atoms with E-state index in [-0.39, 0.29) is 23.2 Å². The average Bonchev–Trinajstić information content (AvgIpc) is 2.82. The van der Waals surface area contributed by atoms with E-state index in [2.05, 4.69) is 31.2 Å². The average molecular weight is 473 g/mol. The van der Waals surface area contributed by atoms with E-state index in [1.54, 1.807) is 12.1 Å². The van der Waals surface area contributed by atoms with Gasteiger partial charge in [0, 0.05) is 24.5 Å². The van der Waals surface area contributed by atoms with Gasteiger partial charge in [0.15, 0.2) is 0 Å². The Kier molecular flexibility index (Phi) is 7.86. The van der Waals surface area contributed by atoms with Crippen molar-refractivity contribution in [1.82, 2.24) is 0 Å². The van der Waals surface area contributed by atoms with E-state index in [1.807, 2.05) is 25.1 Å². The molecule has 1 atom stereocenters. The zero-order chi connectivity index (χ0) is 24.8. The highest BCUT2D eigenvalue weighted by molar-refractivity contribution is 5.97. The monoisotopic (exact) mass is 472 g/mol. The highest BCUT2D eigenvalue weighted by Gasteiger charge is 2.21. The fourth-order valence-electron chi connectivity index (χ4n) is 4.49. The van der Waals surface area contributed by atoms with Crippen molar-refractivity contribution in [3.63, 3.8) is 0 Å². The minimum absolute atomic E-state index is 0.134. The third-order valence-corrected chi connectivity index (χ3v) is 6.48. The van der Waals surface area contributed by atoms with Gasteiger partial charge in [-0.2, -0.15) is 0 Å². The van der Waals surface area contributed by atoms with Gasteiger partial charge in [0.25, 0.3) is 0 Å². The molecule has 0 fully saturated rings. The summed E-state index contributed by atoms with van der Waals surface area (Å²) in [6.45, 7) is 4.19. The van der Waals surface area contributed by atoms with Crippen molar-refractivity contribution < 1.29 is 24.2 Å². The Labute approximate surface area is 206 Å². The van der Waals surface area contributed by atoms with Crippen LogP contribution in [0.2, 0.25) is 0 Å². The van der Waals surface area contributed by atoms with E-state index in [9.17, 15) is 14.7 Å². The first-order valence-electron chi connectivity index (χ1n) is 12.3. The number of hydrogen-bond donors (Lipinski definition) is 1. The first-order valence-corrected chi connectivity index (χ1v) is 12.3. The van der Waals surface area contributed by atoms with Gasteiger partial charge in [-0.3, -0.25) is 4.79 Å². The van der Waals surface area contributed by atoms with E-state index < -0.39 is 5.97 Å². The third kappa shape index (κ3) is 6.10. The Balaban J connectivity index is 1.62. The zero-order valence-electron chi connectivity index (χ0n) is 20.4.